The molecule has 13 heavy (non-hydrogen) atoms. The van der Waals surface area contributed by atoms with E-state index in [1.165, 1.54) is 11.8 Å². The summed E-state index contributed by atoms with van der Waals surface area (Å²) in [7, 11) is 0. The summed E-state index contributed by atoms with van der Waals surface area (Å²) in [5, 5.41) is 17.4. The molecule has 0 spiro atoms. The third kappa shape index (κ3) is 2.43. The molecular weight excluding hydrogens is 188 g/mol. The van der Waals surface area contributed by atoms with Crippen molar-refractivity contribution in [2.45, 2.75) is 25.2 Å². The third-order valence-corrected chi connectivity index (χ3v) is 2.56. The summed E-state index contributed by atoms with van der Waals surface area (Å²) in [6.07, 6.45) is 0. The molecule has 0 aliphatic heterocycles. The summed E-state index contributed by atoms with van der Waals surface area (Å²) in [5.41, 5.74) is 5.49. The van der Waals surface area contributed by atoms with Gasteiger partial charge in [0.25, 0.3) is 0 Å². The summed E-state index contributed by atoms with van der Waals surface area (Å²) in [5.74, 6) is 1.44. The number of aromatic nitrogens is 3. The van der Waals surface area contributed by atoms with Crippen LogP contribution in [0.1, 0.15) is 12.7 Å². The maximum Gasteiger partial charge on any atom is 0.191 e. The number of aliphatic hydroxyl groups is 1. The van der Waals surface area contributed by atoms with E-state index in [0.29, 0.717) is 12.3 Å². The largest absolute Gasteiger partial charge is 0.396 e. The first-order chi connectivity index (χ1) is 6.33. The number of nitrogens with two attached hydrogens (primary N) is 1. The molecule has 1 aromatic rings. The first-order valence-electron chi connectivity index (χ1n) is 4.19. The van der Waals surface area contributed by atoms with Gasteiger partial charge in [-0.2, -0.15) is 0 Å². The van der Waals surface area contributed by atoms with Gasteiger partial charge in [-0.25, -0.2) is 0 Å². The number of hydrogen-bond donors (Lipinski definition) is 2. The Labute approximate surface area is 81.3 Å². The van der Waals surface area contributed by atoms with E-state index >= 15 is 0 Å². The number of thioether (sulfide) groups is 1. The summed E-state index contributed by atoms with van der Waals surface area (Å²) in [6.45, 7) is 3.39. The zero-order valence-corrected chi connectivity index (χ0v) is 8.42. The number of nitrogens with zero attached hydrogens (tertiary/aromatic N) is 3. The molecule has 5 nitrogen and oxygen atoms in total. The molecule has 1 rings (SSSR count). The van der Waals surface area contributed by atoms with Gasteiger partial charge in [0.1, 0.15) is 5.82 Å². The molecule has 0 fully saturated rings. The van der Waals surface area contributed by atoms with E-state index in [-0.39, 0.29) is 6.61 Å². The van der Waals surface area contributed by atoms with Gasteiger partial charge in [0.05, 0.1) is 13.2 Å². The Hall–Kier alpha value is -0.590. The van der Waals surface area contributed by atoms with Gasteiger partial charge in [-0.3, -0.25) is 0 Å². The van der Waals surface area contributed by atoms with Crippen LogP contribution in [0, 0.1) is 0 Å². The van der Waals surface area contributed by atoms with Gasteiger partial charge < -0.3 is 15.4 Å². The highest BCUT2D eigenvalue weighted by Crippen LogP contribution is 2.15. The van der Waals surface area contributed by atoms with Gasteiger partial charge in [-0.15, -0.1) is 10.2 Å². The summed E-state index contributed by atoms with van der Waals surface area (Å²) in [4.78, 5) is 0. The van der Waals surface area contributed by atoms with E-state index in [4.69, 9.17) is 10.8 Å². The Morgan fingerprint density at radius 1 is 1.54 bits per heavy atom. The predicted molar refractivity (Wildman–Crippen MR) is 51.4 cm³/mol. The highest BCUT2D eigenvalue weighted by atomic mass is 32.2. The standard InChI is InChI=1S/C7H14N4OS/c1-2-11-6(5-8)9-10-7(11)13-4-3-12/h12H,2-5,8H2,1H3. The third-order valence-electron chi connectivity index (χ3n) is 1.61. The smallest absolute Gasteiger partial charge is 0.191 e. The van der Waals surface area contributed by atoms with Crippen LogP contribution in [0.15, 0.2) is 5.16 Å². The first-order valence-corrected chi connectivity index (χ1v) is 5.17. The fourth-order valence-corrected chi connectivity index (χ4v) is 1.79. The minimum atomic E-state index is 0.152. The second-order valence-electron chi connectivity index (χ2n) is 2.42. The molecule has 0 aliphatic rings. The number of hydrogen-bond acceptors (Lipinski definition) is 5. The second kappa shape index (κ2) is 5.21. The van der Waals surface area contributed by atoms with Crippen LogP contribution in [0.5, 0.6) is 0 Å². The van der Waals surface area contributed by atoms with Crippen molar-refractivity contribution in [2.24, 2.45) is 5.73 Å². The van der Waals surface area contributed by atoms with Crippen LogP contribution >= 0.6 is 11.8 Å². The highest BCUT2D eigenvalue weighted by molar-refractivity contribution is 7.99. The minimum Gasteiger partial charge on any atom is -0.396 e. The van der Waals surface area contributed by atoms with Crippen LogP contribution in [0.4, 0.5) is 0 Å². The summed E-state index contributed by atoms with van der Waals surface area (Å²) in [6, 6.07) is 0. The van der Waals surface area contributed by atoms with E-state index in [2.05, 4.69) is 10.2 Å². The van der Waals surface area contributed by atoms with Crippen molar-refractivity contribution in [1.29, 1.82) is 0 Å². The SMILES string of the molecule is CCn1c(CN)nnc1SCCO. The maximum absolute atomic E-state index is 8.65. The minimum absolute atomic E-state index is 0.152. The quantitative estimate of drug-likeness (QED) is 0.649. The lowest BCUT2D eigenvalue weighted by Crippen LogP contribution is -2.08. The Balaban J connectivity index is 2.75. The fourth-order valence-electron chi connectivity index (χ4n) is 1.03. The van der Waals surface area contributed by atoms with Crippen molar-refractivity contribution >= 4 is 11.8 Å². The van der Waals surface area contributed by atoms with E-state index in [1.54, 1.807) is 0 Å². The van der Waals surface area contributed by atoms with Gasteiger partial charge in [-0.05, 0) is 6.92 Å². The van der Waals surface area contributed by atoms with Gasteiger partial charge in [-0.1, -0.05) is 11.8 Å². The van der Waals surface area contributed by atoms with Crippen LogP contribution < -0.4 is 5.73 Å². The zero-order chi connectivity index (χ0) is 9.68. The average Bonchev–Trinajstić information content (AvgIpc) is 2.56. The molecule has 1 aromatic heterocycles. The molecule has 0 bridgehead atoms. The predicted octanol–water partition coefficient (Wildman–Crippen LogP) is -0.159. The molecule has 0 saturated heterocycles. The van der Waals surface area contributed by atoms with Gasteiger partial charge in [0.2, 0.25) is 0 Å². The number of rotatable bonds is 5. The van der Waals surface area contributed by atoms with Crippen molar-refractivity contribution in [3.8, 4) is 0 Å². The van der Waals surface area contributed by atoms with Crippen molar-refractivity contribution in [1.82, 2.24) is 14.8 Å². The molecule has 3 N–H and O–H groups in total. The fraction of sp³-hybridized carbons (Fsp3) is 0.714. The van der Waals surface area contributed by atoms with Gasteiger partial charge >= 0.3 is 0 Å². The molecule has 6 heteroatoms. The molecule has 0 aromatic carbocycles. The molecular formula is C7H14N4OS. The lowest BCUT2D eigenvalue weighted by molar-refractivity contribution is 0.322. The van der Waals surface area contributed by atoms with Crippen molar-refractivity contribution in [3.63, 3.8) is 0 Å². The van der Waals surface area contributed by atoms with Crippen LogP contribution in [0.3, 0.4) is 0 Å². The second-order valence-corrected chi connectivity index (χ2v) is 3.48. The lowest BCUT2D eigenvalue weighted by Gasteiger charge is -2.04. The van der Waals surface area contributed by atoms with E-state index in [1.807, 2.05) is 11.5 Å². The van der Waals surface area contributed by atoms with E-state index in [0.717, 1.165) is 17.5 Å². The van der Waals surface area contributed by atoms with Crippen LogP contribution in [0.25, 0.3) is 0 Å². The Morgan fingerprint density at radius 3 is 2.85 bits per heavy atom. The van der Waals surface area contributed by atoms with Crippen LogP contribution in [-0.2, 0) is 13.1 Å². The molecule has 0 radical (unpaired) electrons. The number of aliphatic hydroxyl groups excluding tert-OH is 1. The van der Waals surface area contributed by atoms with Crippen molar-refractivity contribution in [2.75, 3.05) is 12.4 Å². The maximum atomic E-state index is 8.65. The van der Waals surface area contributed by atoms with Crippen LogP contribution in [-0.4, -0.2) is 32.2 Å². The van der Waals surface area contributed by atoms with Crippen molar-refractivity contribution in [3.05, 3.63) is 5.82 Å². The van der Waals surface area contributed by atoms with Gasteiger partial charge in [0, 0.05) is 12.3 Å². The molecule has 1 heterocycles. The summed E-state index contributed by atoms with van der Waals surface area (Å²) >= 11 is 1.49. The average molecular weight is 202 g/mol. The van der Waals surface area contributed by atoms with E-state index < -0.39 is 0 Å². The molecule has 74 valence electrons. The van der Waals surface area contributed by atoms with Crippen LogP contribution in [0.2, 0.25) is 0 Å². The van der Waals surface area contributed by atoms with Crippen molar-refractivity contribution < 1.29 is 5.11 Å². The first kappa shape index (κ1) is 10.5. The topological polar surface area (TPSA) is 77.0 Å². The lowest BCUT2D eigenvalue weighted by atomic mass is 10.6. The highest BCUT2D eigenvalue weighted by Gasteiger charge is 2.08. The van der Waals surface area contributed by atoms with E-state index in [9.17, 15) is 0 Å². The Bertz CT molecular complexity index is 263. The molecule has 0 atom stereocenters. The summed E-state index contributed by atoms with van der Waals surface area (Å²) < 4.78 is 1.96. The Kier molecular flexibility index (Phi) is 4.20. The zero-order valence-electron chi connectivity index (χ0n) is 7.60. The molecule has 0 saturated carbocycles. The molecule has 0 aliphatic carbocycles. The molecule has 0 amide bonds. The van der Waals surface area contributed by atoms with Gasteiger partial charge in [0.15, 0.2) is 5.16 Å². The Morgan fingerprint density at radius 2 is 2.31 bits per heavy atom. The normalized spacial score (nSPS) is 10.7. The molecule has 0 unspecified atom stereocenters. The monoisotopic (exact) mass is 202 g/mol.